The Kier molecular flexibility index (Phi) is 5.05. The Morgan fingerprint density at radius 2 is 2.00 bits per heavy atom. The Morgan fingerprint density at radius 3 is 2.88 bits per heavy atom. The number of aliphatic carboxylic acids is 1. The molecular weight excluding hydrogens is 306 g/mol. The van der Waals surface area contributed by atoms with Crippen LogP contribution in [0.2, 0.25) is 0 Å². The number of nitrogens with zero attached hydrogens (tertiary/aromatic N) is 3. The van der Waals surface area contributed by atoms with Crippen LogP contribution in [-0.2, 0) is 17.9 Å². The average Bonchev–Trinajstić information content (AvgIpc) is 3.00. The molecule has 0 saturated carbocycles. The van der Waals surface area contributed by atoms with Crippen LogP contribution in [0.3, 0.4) is 0 Å². The number of hydrogen-bond acceptors (Lipinski definition) is 4. The van der Waals surface area contributed by atoms with Crippen LogP contribution < -0.4 is 4.74 Å². The molecule has 3 rings (SSSR count). The van der Waals surface area contributed by atoms with E-state index in [1.807, 2.05) is 48.5 Å². The summed E-state index contributed by atoms with van der Waals surface area (Å²) in [5.74, 6) is 0.0254. The fourth-order valence-corrected chi connectivity index (χ4v) is 2.54. The zero-order valence-electron chi connectivity index (χ0n) is 13.3. The zero-order valence-corrected chi connectivity index (χ0v) is 13.3. The lowest BCUT2D eigenvalue weighted by Crippen LogP contribution is -2.07. The molecule has 6 heteroatoms. The van der Waals surface area contributed by atoms with Crippen molar-refractivity contribution in [2.24, 2.45) is 0 Å². The minimum atomic E-state index is -0.743. The van der Waals surface area contributed by atoms with E-state index in [4.69, 9.17) is 9.84 Å². The van der Waals surface area contributed by atoms with Gasteiger partial charge in [-0.2, -0.15) is 0 Å². The second kappa shape index (κ2) is 7.59. The van der Waals surface area contributed by atoms with Crippen molar-refractivity contribution in [2.75, 3.05) is 0 Å². The summed E-state index contributed by atoms with van der Waals surface area (Å²) in [6.07, 6.45) is 2.60. The molecule has 1 aromatic heterocycles. The molecule has 24 heavy (non-hydrogen) atoms. The number of carboxylic acids is 1. The van der Waals surface area contributed by atoms with Gasteiger partial charge in [0.25, 0.3) is 0 Å². The number of carbonyl (C=O) groups is 1. The highest BCUT2D eigenvalue weighted by Crippen LogP contribution is 2.17. The van der Waals surface area contributed by atoms with Crippen molar-refractivity contribution in [1.29, 1.82) is 0 Å². The molecule has 0 bridgehead atoms. The predicted octanol–water partition coefficient (Wildman–Crippen LogP) is 3.27. The van der Waals surface area contributed by atoms with Gasteiger partial charge < -0.3 is 9.84 Å². The number of hydrogen-bond donors (Lipinski definition) is 1. The van der Waals surface area contributed by atoms with Crippen molar-refractivity contribution in [2.45, 2.75) is 32.4 Å². The third-order valence-electron chi connectivity index (χ3n) is 3.78. The van der Waals surface area contributed by atoms with Crippen LogP contribution in [0, 0.1) is 0 Å². The third kappa shape index (κ3) is 4.10. The van der Waals surface area contributed by atoms with Gasteiger partial charge in [0.15, 0.2) is 6.73 Å². The summed E-state index contributed by atoms with van der Waals surface area (Å²) in [5, 5.41) is 16.9. The number of fused-ring (bicyclic) bond motifs is 1. The maximum Gasteiger partial charge on any atom is 0.303 e. The second-order valence-electron chi connectivity index (χ2n) is 5.60. The minimum Gasteiger partial charge on any atom is -0.481 e. The molecule has 3 aromatic rings. The summed E-state index contributed by atoms with van der Waals surface area (Å²) in [6, 6.07) is 15.6. The Labute approximate surface area is 139 Å². The summed E-state index contributed by atoms with van der Waals surface area (Å²) in [4.78, 5) is 10.5. The van der Waals surface area contributed by atoms with Crippen LogP contribution in [0.1, 0.15) is 24.8 Å². The van der Waals surface area contributed by atoms with E-state index in [9.17, 15) is 4.79 Å². The molecule has 0 radical (unpaired) electrons. The number of rotatable bonds is 8. The average molecular weight is 325 g/mol. The molecule has 6 nitrogen and oxygen atoms in total. The molecule has 0 fully saturated rings. The maximum atomic E-state index is 10.5. The van der Waals surface area contributed by atoms with Crippen molar-refractivity contribution >= 4 is 17.0 Å². The maximum absolute atomic E-state index is 10.5. The summed E-state index contributed by atoms with van der Waals surface area (Å²) < 4.78 is 7.53. The summed E-state index contributed by atoms with van der Waals surface area (Å²) >= 11 is 0. The predicted molar refractivity (Wildman–Crippen MR) is 89.8 cm³/mol. The standard InChI is InChI=1S/C18H19N3O3/c22-18(23)11-4-1-6-14-7-5-8-15(12-14)24-13-21-17-10-3-2-9-16(17)19-20-21/h2-3,5,7-10,12H,1,4,6,11,13H2,(H,22,23). The van der Waals surface area contributed by atoms with Crippen molar-refractivity contribution in [1.82, 2.24) is 15.0 Å². The molecule has 0 unspecified atom stereocenters. The molecule has 0 aliphatic carbocycles. The van der Waals surface area contributed by atoms with Crippen LogP contribution in [0.4, 0.5) is 0 Å². The number of ether oxygens (including phenoxy) is 1. The molecule has 2 aromatic carbocycles. The van der Waals surface area contributed by atoms with Crippen molar-refractivity contribution in [3.8, 4) is 5.75 Å². The fraction of sp³-hybridized carbons (Fsp3) is 0.278. The van der Waals surface area contributed by atoms with Crippen molar-refractivity contribution < 1.29 is 14.6 Å². The number of para-hydroxylation sites is 1. The molecule has 0 atom stereocenters. The van der Waals surface area contributed by atoms with E-state index >= 15 is 0 Å². The molecule has 0 spiro atoms. The lowest BCUT2D eigenvalue weighted by Gasteiger charge is -2.08. The Morgan fingerprint density at radius 1 is 1.12 bits per heavy atom. The highest BCUT2D eigenvalue weighted by atomic mass is 16.5. The van der Waals surface area contributed by atoms with Crippen molar-refractivity contribution in [3.63, 3.8) is 0 Å². The van der Waals surface area contributed by atoms with E-state index in [0.29, 0.717) is 13.2 Å². The van der Waals surface area contributed by atoms with Gasteiger partial charge in [-0.1, -0.05) is 29.5 Å². The lowest BCUT2D eigenvalue weighted by atomic mass is 10.1. The number of aryl methyl sites for hydroxylation is 1. The van der Waals surface area contributed by atoms with Gasteiger partial charge in [-0.15, -0.1) is 5.10 Å². The largest absolute Gasteiger partial charge is 0.481 e. The molecule has 1 heterocycles. The monoisotopic (exact) mass is 325 g/mol. The first-order valence-electron chi connectivity index (χ1n) is 7.94. The molecule has 0 aliphatic heterocycles. The van der Waals surface area contributed by atoms with Gasteiger partial charge in [0.1, 0.15) is 11.3 Å². The van der Waals surface area contributed by atoms with E-state index in [1.165, 1.54) is 0 Å². The van der Waals surface area contributed by atoms with Gasteiger partial charge in [0.2, 0.25) is 0 Å². The Hall–Kier alpha value is -2.89. The van der Waals surface area contributed by atoms with E-state index in [1.54, 1.807) is 4.68 Å². The lowest BCUT2D eigenvalue weighted by molar-refractivity contribution is -0.137. The summed E-state index contributed by atoms with van der Waals surface area (Å²) in [6.45, 7) is 0.295. The fourth-order valence-electron chi connectivity index (χ4n) is 2.54. The zero-order chi connectivity index (χ0) is 16.8. The van der Waals surface area contributed by atoms with E-state index in [2.05, 4.69) is 10.3 Å². The summed E-state index contributed by atoms with van der Waals surface area (Å²) in [5.41, 5.74) is 2.91. The van der Waals surface area contributed by atoms with Gasteiger partial charge in [0, 0.05) is 6.42 Å². The molecule has 0 aliphatic rings. The molecule has 124 valence electrons. The van der Waals surface area contributed by atoms with E-state index in [0.717, 1.165) is 35.2 Å². The molecule has 0 amide bonds. The molecule has 1 N–H and O–H groups in total. The smallest absolute Gasteiger partial charge is 0.303 e. The van der Waals surface area contributed by atoms with Crippen LogP contribution >= 0.6 is 0 Å². The van der Waals surface area contributed by atoms with Gasteiger partial charge in [0.05, 0.1) is 5.52 Å². The quantitative estimate of drug-likeness (QED) is 0.643. The van der Waals surface area contributed by atoms with Crippen LogP contribution in [0.5, 0.6) is 5.75 Å². The van der Waals surface area contributed by atoms with Crippen LogP contribution in [0.15, 0.2) is 48.5 Å². The van der Waals surface area contributed by atoms with Gasteiger partial charge in [-0.3, -0.25) is 4.79 Å². The topological polar surface area (TPSA) is 77.2 Å². The van der Waals surface area contributed by atoms with E-state index < -0.39 is 5.97 Å². The van der Waals surface area contributed by atoms with Gasteiger partial charge in [-0.05, 0) is 49.1 Å². The Bertz CT molecular complexity index is 829. The van der Waals surface area contributed by atoms with Gasteiger partial charge >= 0.3 is 5.97 Å². The number of unbranched alkanes of at least 4 members (excludes halogenated alkanes) is 1. The second-order valence-corrected chi connectivity index (χ2v) is 5.60. The number of carboxylic acid groups (broad SMARTS) is 1. The van der Waals surface area contributed by atoms with Gasteiger partial charge in [-0.25, -0.2) is 4.68 Å². The molecular formula is C18H19N3O3. The summed E-state index contributed by atoms with van der Waals surface area (Å²) in [7, 11) is 0. The third-order valence-corrected chi connectivity index (χ3v) is 3.78. The normalized spacial score (nSPS) is 10.8. The molecule has 0 saturated heterocycles. The van der Waals surface area contributed by atoms with Crippen LogP contribution in [-0.4, -0.2) is 26.1 Å². The highest BCUT2D eigenvalue weighted by Gasteiger charge is 2.04. The number of benzene rings is 2. The SMILES string of the molecule is O=C(O)CCCCc1cccc(OCn2nnc3ccccc32)c1. The van der Waals surface area contributed by atoms with Crippen molar-refractivity contribution in [3.05, 3.63) is 54.1 Å². The highest BCUT2D eigenvalue weighted by molar-refractivity contribution is 5.73. The van der Waals surface area contributed by atoms with Crippen LogP contribution in [0.25, 0.3) is 11.0 Å². The minimum absolute atomic E-state index is 0.218. The first-order valence-corrected chi connectivity index (χ1v) is 7.94. The first kappa shape index (κ1) is 16.0. The number of aromatic nitrogens is 3. The van der Waals surface area contributed by atoms with E-state index in [-0.39, 0.29) is 6.42 Å². The first-order chi connectivity index (χ1) is 11.7. The Balaban J connectivity index is 1.57.